The van der Waals surface area contributed by atoms with Crippen molar-refractivity contribution in [3.8, 4) is 11.3 Å². The van der Waals surface area contributed by atoms with E-state index in [9.17, 15) is 4.39 Å². The molecule has 0 atom stereocenters. The molecule has 0 unspecified atom stereocenters. The summed E-state index contributed by atoms with van der Waals surface area (Å²) in [5.41, 5.74) is 7.86. The Morgan fingerprint density at radius 2 is 2.00 bits per heavy atom. The van der Waals surface area contributed by atoms with Gasteiger partial charge in [0, 0.05) is 17.5 Å². The highest BCUT2D eigenvalue weighted by Crippen LogP contribution is 2.39. The van der Waals surface area contributed by atoms with Crippen molar-refractivity contribution in [2.75, 3.05) is 5.73 Å². The topological polar surface area (TPSA) is 51.8 Å². The molecule has 1 saturated carbocycles. The molecule has 3 rings (SSSR count). The summed E-state index contributed by atoms with van der Waals surface area (Å²) >= 11 is 0. The monoisotopic (exact) mass is 243 g/mol. The van der Waals surface area contributed by atoms with E-state index in [1.165, 1.54) is 6.07 Å². The zero-order valence-electron chi connectivity index (χ0n) is 10.2. The third kappa shape index (κ3) is 2.06. The molecule has 0 bridgehead atoms. The minimum absolute atomic E-state index is 0.224. The molecule has 1 aliphatic rings. The maximum absolute atomic E-state index is 13.6. The van der Waals surface area contributed by atoms with E-state index in [1.54, 1.807) is 19.1 Å². The van der Waals surface area contributed by atoms with Crippen LogP contribution in [0.5, 0.6) is 0 Å². The lowest BCUT2D eigenvalue weighted by Gasteiger charge is -2.06. The molecule has 4 heteroatoms. The fourth-order valence-electron chi connectivity index (χ4n) is 1.91. The highest BCUT2D eigenvalue weighted by molar-refractivity contribution is 5.62. The van der Waals surface area contributed by atoms with Crippen LogP contribution in [0.2, 0.25) is 0 Å². The Balaban J connectivity index is 2.07. The Morgan fingerprint density at radius 1 is 1.22 bits per heavy atom. The van der Waals surface area contributed by atoms with Crippen molar-refractivity contribution < 1.29 is 4.39 Å². The van der Waals surface area contributed by atoms with Crippen molar-refractivity contribution in [1.29, 1.82) is 0 Å². The Bertz CT molecular complexity index is 606. The molecule has 0 amide bonds. The van der Waals surface area contributed by atoms with E-state index in [0.717, 1.165) is 24.2 Å². The average Bonchev–Trinajstić information content (AvgIpc) is 3.16. The lowest BCUT2D eigenvalue weighted by molar-refractivity contribution is 0.619. The van der Waals surface area contributed by atoms with Crippen molar-refractivity contribution in [3.63, 3.8) is 0 Å². The third-order valence-corrected chi connectivity index (χ3v) is 3.17. The van der Waals surface area contributed by atoms with Crippen molar-refractivity contribution >= 4 is 5.82 Å². The molecule has 0 aliphatic heterocycles. The van der Waals surface area contributed by atoms with Gasteiger partial charge in [-0.15, -0.1) is 0 Å². The zero-order chi connectivity index (χ0) is 12.7. The number of anilines is 1. The van der Waals surface area contributed by atoms with E-state index in [2.05, 4.69) is 9.97 Å². The van der Waals surface area contributed by atoms with E-state index >= 15 is 0 Å². The maximum atomic E-state index is 13.6. The number of halogens is 1. The third-order valence-electron chi connectivity index (χ3n) is 3.17. The highest BCUT2D eigenvalue weighted by Gasteiger charge is 2.27. The van der Waals surface area contributed by atoms with Gasteiger partial charge in [-0.1, -0.05) is 12.1 Å². The number of aryl methyl sites for hydroxylation is 1. The number of hydrogen-bond donors (Lipinski definition) is 1. The summed E-state index contributed by atoms with van der Waals surface area (Å²) in [6, 6.07) is 6.79. The zero-order valence-corrected chi connectivity index (χ0v) is 10.2. The minimum atomic E-state index is -0.224. The molecule has 0 spiro atoms. The van der Waals surface area contributed by atoms with Gasteiger partial charge >= 0.3 is 0 Å². The number of nitrogen functional groups attached to an aromatic ring is 1. The molecule has 1 heterocycles. The molecule has 18 heavy (non-hydrogen) atoms. The summed E-state index contributed by atoms with van der Waals surface area (Å²) < 4.78 is 13.6. The van der Waals surface area contributed by atoms with E-state index in [1.807, 2.05) is 6.07 Å². The summed E-state index contributed by atoms with van der Waals surface area (Å²) in [5, 5.41) is 0. The number of benzene rings is 1. The summed E-state index contributed by atoms with van der Waals surface area (Å²) in [4.78, 5) is 8.71. The number of nitrogens with zero attached hydrogens (tertiary/aromatic N) is 2. The van der Waals surface area contributed by atoms with Crippen LogP contribution in [0.1, 0.15) is 30.1 Å². The SMILES string of the molecule is Cc1ccc(-c2cc(N)nc(C3CC3)n2)cc1F. The van der Waals surface area contributed by atoms with Gasteiger partial charge in [0.25, 0.3) is 0 Å². The number of aromatic nitrogens is 2. The van der Waals surface area contributed by atoms with Crippen molar-refractivity contribution in [3.05, 3.63) is 41.5 Å². The molecular formula is C14H14FN3. The predicted molar refractivity (Wildman–Crippen MR) is 68.6 cm³/mol. The first kappa shape index (κ1) is 11.1. The fourth-order valence-corrected chi connectivity index (χ4v) is 1.91. The molecule has 92 valence electrons. The molecule has 2 N–H and O–H groups in total. The fraction of sp³-hybridized carbons (Fsp3) is 0.286. The predicted octanol–water partition coefficient (Wildman–Crippen LogP) is 3.05. The first-order chi connectivity index (χ1) is 8.63. The first-order valence-corrected chi connectivity index (χ1v) is 6.04. The van der Waals surface area contributed by atoms with Gasteiger partial charge < -0.3 is 5.73 Å². The summed E-state index contributed by atoms with van der Waals surface area (Å²) in [6.45, 7) is 1.74. The van der Waals surface area contributed by atoms with Crippen LogP contribution in [0.25, 0.3) is 11.3 Å². The molecule has 2 aromatic rings. The first-order valence-electron chi connectivity index (χ1n) is 6.04. The van der Waals surface area contributed by atoms with Crippen molar-refractivity contribution in [1.82, 2.24) is 9.97 Å². The summed E-state index contributed by atoms with van der Waals surface area (Å²) in [6.07, 6.45) is 2.23. The van der Waals surface area contributed by atoms with Gasteiger partial charge in [0.2, 0.25) is 0 Å². The van der Waals surface area contributed by atoms with Gasteiger partial charge in [-0.2, -0.15) is 0 Å². The normalized spacial score (nSPS) is 14.8. The van der Waals surface area contributed by atoms with E-state index in [-0.39, 0.29) is 5.82 Å². The van der Waals surface area contributed by atoms with Crippen LogP contribution in [-0.4, -0.2) is 9.97 Å². The molecule has 1 aromatic heterocycles. The van der Waals surface area contributed by atoms with Crippen LogP contribution in [0, 0.1) is 12.7 Å². The van der Waals surface area contributed by atoms with Crippen LogP contribution >= 0.6 is 0 Å². The molecule has 1 aliphatic carbocycles. The molecule has 0 saturated heterocycles. The van der Waals surface area contributed by atoms with Gasteiger partial charge in [0.15, 0.2) is 0 Å². The lowest BCUT2D eigenvalue weighted by Crippen LogP contribution is -2.00. The molecule has 1 aromatic carbocycles. The van der Waals surface area contributed by atoms with Gasteiger partial charge in [0.1, 0.15) is 17.5 Å². The molecule has 0 radical (unpaired) electrons. The Kier molecular flexibility index (Phi) is 2.51. The van der Waals surface area contributed by atoms with E-state index in [4.69, 9.17) is 5.73 Å². The van der Waals surface area contributed by atoms with Crippen LogP contribution in [0.4, 0.5) is 10.2 Å². The number of hydrogen-bond acceptors (Lipinski definition) is 3. The number of nitrogens with two attached hydrogens (primary N) is 1. The van der Waals surface area contributed by atoms with Crippen molar-refractivity contribution in [2.45, 2.75) is 25.7 Å². The second-order valence-corrected chi connectivity index (χ2v) is 4.77. The second kappa shape index (κ2) is 4.05. The van der Waals surface area contributed by atoms with Crippen LogP contribution < -0.4 is 5.73 Å². The van der Waals surface area contributed by atoms with E-state index < -0.39 is 0 Å². The maximum Gasteiger partial charge on any atom is 0.134 e. The molecule has 1 fully saturated rings. The average molecular weight is 243 g/mol. The van der Waals surface area contributed by atoms with Crippen LogP contribution in [0.3, 0.4) is 0 Å². The molecular weight excluding hydrogens is 229 g/mol. The largest absolute Gasteiger partial charge is 0.384 e. The standard InChI is InChI=1S/C14H14FN3/c1-8-2-3-10(6-11(8)15)12-7-13(16)18-14(17-12)9-4-5-9/h2-3,6-7,9H,4-5H2,1H3,(H2,16,17,18). The number of rotatable bonds is 2. The lowest BCUT2D eigenvalue weighted by atomic mass is 10.1. The van der Waals surface area contributed by atoms with Crippen LogP contribution in [0.15, 0.2) is 24.3 Å². The Labute approximate surface area is 105 Å². The van der Waals surface area contributed by atoms with Crippen LogP contribution in [-0.2, 0) is 0 Å². The van der Waals surface area contributed by atoms with Gasteiger partial charge in [-0.3, -0.25) is 0 Å². The summed E-state index contributed by atoms with van der Waals surface area (Å²) in [7, 11) is 0. The quantitative estimate of drug-likeness (QED) is 0.882. The second-order valence-electron chi connectivity index (χ2n) is 4.77. The molecule has 3 nitrogen and oxygen atoms in total. The van der Waals surface area contributed by atoms with Gasteiger partial charge in [0.05, 0.1) is 5.69 Å². The highest BCUT2D eigenvalue weighted by atomic mass is 19.1. The van der Waals surface area contributed by atoms with E-state index in [0.29, 0.717) is 23.0 Å². The Hall–Kier alpha value is -1.97. The summed E-state index contributed by atoms with van der Waals surface area (Å²) in [5.74, 6) is 1.44. The van der Waals surface area contributed by atoms with Crippen molar-refractivity contribution in [2.24, 2.45) is 0 Å². The smallest absolute Gasteiger partial charge is 0.134 e. The van der Waals surface area contributed by atoms with Gasteiger partial charge in [-0.05, 0) is 31.4 Å². The van der Waals surface area contributed by atoms with Gasteiger partial charge in [-0.25, -0.2) is 14.4 Å². The Morgan fingerprint density at radius 3 is 2.67 bits per heavy atom. The minimum Gasteiger partial charge on any atom is -0.384 e.